The zero-order chi connectivity index (χ0) is 12.3. The van der Waals surface area contributed by atoms with Gasteiger partial charge in [-0.1, -0.05) is 20.8 Å². The minimum Gasteiger partial charge on any atom is -0.491 e. The van der Waals surface area contributed by atoms with Crippen LogP contribution >= 0.6 is 11.8 Å². The van der Waals surface area contributed by atoms with Gasteiger partial charge >= 0.3 is 0 Å². The van der Waals surface area contributed by atoms with Crippen LogP contribution < -0.4 is 10.5 Å². The van der Waals surface area contributed by atoms with Crippen molar-refractivity contribution in [1.82, 2.24) is 0 Å². The average Bonchev–Trinajstić information content (AvgIpc) is 2.11. The van der Waals surface area contributed by atoms with Crippen molar-refractivity contribution in [1.29, 1.82) is 0 Å². The Bertz CT molecular complexity index is 374. The molecule has 0 aromatic heterocycles. The number of nitrogens with two attached hydrogens (primary N) is 1. The summed E-state index contributed by atoms with van der Waals surface area (Å²) in [5.74, 6) is -0.138. The van der Waals surface area contributed by atoms with E-state index in [0.717, 1.165) is 4.90 Å². The Morgan fingerprint density at radius 2 is 2.00 bits per heavy atom. The van der Waals surface area contributed by atoms with Gasteiger partial charge < -0.3 is 10.5 Å². The number of hydrogen-bond acceptors (Lipinski definition) is 3. The lowest BCUT2D eigenvalue weighted by molar-refractivity contribution is 0.321. The molecule has 0 aliphatic rings. The zero-order valence-corrected chi connectivity index (χ0v) is 11.0. The first-order chi connectivity index (χ1) is 7.33. The molecular weight excluding hydrogens is 225 g/mol. The Hall–Kier alpha value is -0.900. The molecule has 0 bridgehead atoms. The summed E-state index contributed by atoms with van der Waals surface area (Å²) in [6, 6.07) is 2.99. The summed E-state index contributed by atoms with van der Waals surface area (Å²) in [4.78, 5) is 0.859. The highest BCUT2D eigenvalue weighted by Gasteiger charge is 2.16. The number of ether oxygens (including phenoxy) is 1. The van der Waals surface area contributed by atoms with E-state index < -0.39 is 5.82 Å². The van der Waals surface area contributed by atoms with Crippen molar-refractivity contribution in [3.63, 3.8) is 0 Å². The van der Waals surface area contributed by atoms with Gasteiger partial charge in [0.1, 0.15) is 0 Å². The van der Waals surface area contributed by atoms with Crippen LogP contribution in [-0.2, 0) is 0 Å². The lowest BCUT2D eigenvalue weighted by Gasteiger charge is -2.19. The van der Waals surface area contributed by atoms with E-state index in [9.17, 15) is 4.39 Å². The van der Waals surface area contributed by atoms with Gasteiger partial charge in [0.25, 0.3) is 0 Å². The van der Waals surface area contributed by atoms with Crippen LogP contribution in [0.15, 0.2) is 17.0 Å². The topological polar surface area (TPSA) is 35.2 Å². The third-order valence-electron chi connectivity index (χ3n) is 1.78. The molecule has 2 N–H and O–H groups in total. The molecule has 0 aliphatic heterocycles. The van der Waals surface area contributed by atoms with E-state index in [1.165, 1.54) is 6.07 Å². The highest BCUT2D eigenvalue weighted by molar-refractivity contribution is 8.00. The van der Waals surface area contributed by atoms with E-state index >= 15 is 0 Å². The highest BCUT2D eigenvalue weighted by atomic mass is 32.2. The molecule has 1 aromatic carbocycles. The van der Waals surface area contributed by atoms with Crippen LogP contribution in [0.25, 0.3) is 0 Å². The zero-order valence-electron chi connectivity index (χ0n) is 10.1. The maximum absolute atomic E-state index is 13.4. The molecule has 0 fully saturated rings. The molecule has 90 valence electrons. The Balaban J connectivity index is 3.04. The second-order valence-corrected chi connectivity index (χ2v) is 6.34. The summed E-state index contributed by atoms with van der Waals surface area (Å²) in [5, 5.41) is 0. The number of thioether (sulfide) groups is 1. The first kappa shape index (κ1) is 13.2. The van der Waals surface area contributed by atoms with E-state index in [2.05, 4.69) is 20.8 Å². The normalized spacial score (nSPS) is 11.6. The average molecular weight is 243 g/mol. The fraction of sp³-hybridized carbons (Fsp3) is 0.500. The molecule has 2 nitrogen and oxygen atoms in total. The third kappa shape index (κ3) is 3.59. The monoisotopic (exact) mass is 243 g/mol. The molecule has 16 heavy (non-hydrogen) atoms. The molecule has 4 heteroatoms. The summed E-state index contributed by atoms with van der Waals surface area (Å²) in [7, 11) is 0. The summed E-state index contributed by atoms with van der Waals surface area (Å²) in [5.41, 5.74) is 6.24. The molecule has 1 aromatic rings. The van der Waals surface area contributed by atoms with Crippen molar-refractivity contribution in [2.24, 2.45) is 0 Å². The predicted molar refractivity (Wildman–Crippen MR) is 67.6 cm³/mol. The van der Waals surface area contributed by atoms with E-state index in [0.29, 0.717) is 12.3 Å². The van der Waals surface area contributed by atoms with Gasteiger partial charge in [0.05, 0.1) is 6.61 Å². The van der Waals surface area contributed by atoms with E-state index in [1.807, 2.05) is 6.92 Å². The lowest BCUT2D eigenvalue weighted by Crippen LogP contribution is -2.08. The molecule has 0 spiro atoms. The van der Waals surface area contributed by atoms with Crippen LogP contribution in [0.5, 0.6) is 5.75 Å². The van der Waals surface area contributed by atoms with Gasteiger partial charge in [-0.25, -0.2) is 4.39 Å². The smallest absolute Gasteiger partial charge is 0.167 e. The molecule has 1 rings (SSSR count). The second-order valence-electron chi connectivity index (χ2n) is 4.47. The minimum atomic E-state index is -0.405. The van der Waals surface area contributed by atoms with Crippen molar-refractivity contribution in [3.05, 3.63) is 17.9 Å². The maximum Gasteiger partial charge on any atom is 0.167 e. The minimum absolute atomic E-state index is 0.0371. The van der Waals surface area contributed by atoms with Crippen LogP contribution in [0.4, 0.5) is 10.1 Å². The number of nitrogen functional groups attached to an aromatic ring is 1. The maximum atomic E-state index is 13.4. The Kier molecular flexibility index (Phi) is 4.08. The molecular formula is C12H18FNOS. The summed E-state index contributed by atoms with van der Waals surface area (Å²) in [6.07, 6.45) is 0. The van der Waals surface area contributed by atoms with Gasteiger partial charge in [0, 0.05) is 21.4 Å². The van der Waals surface area contributed by atoms with Crippen molar-refractivity contribution >= 4 is 17.4 Å². The van der Waals surface area contributed by atoms with Crippen molar-refractivity contribution in [3.8, 4) is 5.75 Å². The van der Waals surface area contributed by atoms with Crippen LogP contribution in [0.1, 0.15) is 27.7 Å². The van der Waals surface area contributed by atoms with E-state index in [1.54, 1.807) is 17.8 Å². The molecule has 0 saturated carbocycles. The number of rotatable bonds is 3. The number of anilines is 1. The van der Waals surface area contributed by atoms with Crippen LogP contribution in [-0.4, -0.2) is 11.4 Å². The van der Waals surface area contributed by atoms with Crippen molar-refractivity contribution < 1.29 is 9.13 Å². The van der Waals surface area contributed by atoms with E-state index in [-0.39, 0.29) is 10.5 Å². The first-order valence-corrected chi connectivity index (χ1v) is 6.06. The van der Waals surface area contributed by atoms with Gasteiger partial charge in [-0.15, -0.1) is 11.8 Å². The van der Waals surface area contributed by atoms with Crippen LogP contribution in [0.3, 0.4) is 0 Å². The van der Waals surface area contributed by atoms with Gasteiger partial charge in [-0.3, -0.25) is 0 Å². The number of halogens is 1. The number of benzene rings is 1. The lowest BCUT2D eigenvalue weighted by atomic mass is 10.2. The van der Waals surface area contributed by atoms with Crippen molar-refractivity contribution in [2.45, 2.75) is 37.3 Å². The first-order valence-electron chi connectivity index (χ1n) is 5.24. The Labute approximate surface area is 100 Å². The van der Waals surface area contributed by atoms with Crippen LogP contribution in [0, 0.1) is 5.82 Å². The molecule has 0 saturated heterocycles. The summed E-state index contributed by atoms with van der Waals surface area (Å²) >= 11 is 1.60. The summed E-state index contributed by atoms with van der Waals surface area (Å²) in [6.45, 7) is 8.52. The second kappa shape index (κ2) is 4.95. The molecule has 0 radical (unpaired) electrons. The quantitative estimate of drug-likeness (QED) is 0.649. The largest absolute Gasteiger partial charge is 0.491 e. The third-order valence-corrected chi connectivity index (χ3v) is 2.97. The van der Waals surface area contributed by atoms with Gasteiger partial charge in [-0.2, -0.15) is 0 Å². The fourth-order valence-corrected chi connectivity index (χ4v) is 2.24. The van der Waals surface area contributed by atoms with E-state index in [4.69, 9.17) is 10.5 Å². The Morgan fingerprint density at radius 3 is 2.50 bits per heavy atom. The SMILES string of the molecule is CCOc1cc(SC(C)(C)C)c(N)cc1F. The molecule has 0 heterocycles. The van der Waals surface area contributed by atoms with Crippen LogP contribution in [0.2, 0.25) is 0 Å². The van der Waals surface area contributed by atoms with Gasteiger partial charge in [-0.05, 0) is 13.0 Å². The standard InChI is InChI=1S/C12H18FNOS/c1-5-15-10-7-11(16-12(2,3)4)9(14)6-8(10)13/h6-7H,5,14H2,1-4H3. The Morgan fingerprint density at radius 1 is 1.38 bits per heavy atom. The molecule has 0 aliphatic carbocycles. The van der Waals surface area contributed by atoms with Gasteiger partial charge in [0.15, 0.2) is 11.6 Å². The molecule has 0 atom stereocenters. The van der Waals surface area contributed by atoms with Gasteiger partial charge in [0.2, 0.25) is 0 Å². The van der Waals surface area contributed by atoms with Crippen molar-refractivity contribution in [2.75, 3.05) is 12.3 Å². The molecule has 0 unspecified atom stereocenters. The number of hydrogen-bond donors (Lipinski definition) is 1. The predicted octanol–water partition coefficient (Wildman–Crippen LogP) is 3.70. The fourth-order valence-electron chi connectivity index (χ4n) is 1.23. The summed E-state index contributed by atoms with van der Waals surface area (Å²) < 4.78 is 18.7. The highest BCUT2D eigenvalue weighted by Crippen LogP contribution is 2.38. The molecule has 0 amide bonds.